The Labute approximate surface area is 85.6 Å². The summed E-state index contributed by atoms with van der Waals surface area (Å²) in [4.78, 5) is 0. The average molecular weight is 204 g/mol. The van der Waals surface area contributed by atoms with E-state index in [1.807, 2.05) is 0 Å². The van der Waals surface area contributed by atoms with E-state index < -0.39 is 0 Å². The van der Waals surface area contributed by atoms with Gasteiger partial charge in [0.1, 0.15) is 0 Å². The number of rotatable bonds is 8. The number of hydrogen-bond acceptors (Lipinski definition) is 2. The highest BCUT2D eigenvalue weighted by molar-refractivity contribution is 7.32. The highest BCUT2D eigenvalue weighted by atomic mass is 31.1. The van der Waals surface area contributed by atoms with E-state index in [1.165, 1.54) is 38.8 Å². The molecule has 0 bridgehead atoms. The van der Waals surface area contributed by atoms with Gasteiger partial charge in [-0.05, 0) is 26.9 Å². The predicted molar refractivity (Wildman–Crippen MR) is 63.4 cm³/mol. The first-order valence-corrected chi connectivity index (χ1v) is 6.28. The van der Waals surface area contributed by atoms with Crippen LogP contribution >= 0.6 is 8.88 Å². The normalized spacial score (nSPS) is 12.5. The fourth-order valence-corrected chi connectivity index (χ4v) is 2.27. The van der Waals surface area contributed by atoms with Crippen LogP contribution in [0.4, 0.5) is 0 Å². The van der Waals surface area contributed by atoms with Gasteiger partial charge >= 0.3 is 0 Å². The molecule has 0 amide bonds. The van der Waals surface area contributed by atoms with Gasteiger partial charge in [-0.25, -0.2) is 0 Å². The fourth-order valence-electron chi connectivity index (χ4n) is 1.19. The molecular weight excluding hydrogens is 179 g/mol. The Hall–Kier alpha value is 0.350. The van der Waals surface area contributed by atoms with E-state index in [0.29, 0.717) is 0 Å². The third-order valence-corrected chi connectivity index (χ3v) is 3.03. The third-order valence-electron chi connectivity index (χ3n) is 1.90. The van der Waals surface area contributed by atoms with Gasteiger partial charge in [-0.3, -0.25) is 9.34 Å². The molecule has 0 aromatic heterocycles. The lowest BCUT2D eigenvalue weighted by atomic mass is 10.3. The van der Waals surface area contributed by atoms with Gasteiger partial charge in [0.2, 0.25) is 0 Å². The molecule has 0 aliphatic heterocycles. The summed E-state index contributed by atoms with van der Waals surface area (Å²) in [5.74, 6) is 0. The summed E-state index contributed by atoms with van der Waals surface area (Å²) in [7, 11) is 5.18. The Kier molecular flexibility index (Phi) is 9.17. The van der Waals surface area contributed by atoms with Crippen LogP contribution in [0.5, 0.6) is 0 Å². The molecule has 0 aromatic rings. The van der Waals surface area contributed by atoms with Crippen LogP contribution in [-0.4, -0.2) is 36.5 Å². The fraction of sp³-hybridized carbons (Fsp3) is 1.00. The molecule has 0 heterocycles. The van der Waals surface area contributed by atoms with Gasteiger partial charge in [-0.2, -0.15) is 0 Å². The van der Waals surface area contributed by atoms with Crippen molar-refractivity contribution >= 4 is 8.88 Å². The highest BCUT2D eigenvalue weighted by Gasteiger charge is 2.04. The van der Waals surface area contributed by atoms with Crippen LogP contribution in [0.1, 0.15) is 39.5 Å². The zero-order chi connectivity index (χ0) is 10.1. The summed E-state index contributed by atoms with van der Waals surface area (Å²) in [6.45, 7) is 7.06. The van der Waals surface area contributed by atoms with Crippen LogP contribution in [0.2, 0.25) is 0 Å². The molecular formula is C10H25N2P. The molecule has 0 fully saturated rings. The zero-order valence-electron chi connectivity index (χ0n) is 9.64. The largest absolute Gasteiger partial charge is 0.279 e. The lowest BCUT2D eigenvalue weighted by Gasteiger charge is -2.24. The summed E-state index contributed by atoms with van der Waals surface area (Å²) in [5, 5.41) is 0. The van der Waals surface area contributed by atoms with E-state index in [1.54, 1.807) is 0 Å². The molecule has 0 aliphatic carbocycles. The first-order chi connectivity index (χ1) is 6.20. The summed E-state index contributed by atoms with van der Waals surface area (Å²) in [5.41, 5.74) is 0. The first-order valence-electron chi connectivity index (χ1n) is 5.39. The monoisotopic (exact) mass is 204 g/mol. The molecule has 0 saturated carbocycles. The van der Waals surface area contributed by atoms with E-state index in [2.05, 4.69) is 37.3 Å². The maximum absolute atomic E-state index is 2.58. The molecule has 0 rings (SSSR count). The summed E-state index contributed by atoms with van der Waals surface area (Å²) < 4.78 is 4.86. The Morgan fingerprint density at radius 3 is 1.69 bits per heavy atom. The van der Waals surface area contributed by atoms with Crippen molar-refractivity contribution in [1.82, 2.24) is 9.34 Å². The lowest BCUT2D eigenvalue weighted by Crippen LogP contribution is -2.21. The summed E-state index contributed by atoms with van der Waals surface area (Å²) in [6.07, 6.45) is 5.29. The van der Waals surface area contributed by atoms with E-state index >= 15 is 0 Å². The minimum Gasteiger partial charge on any atom is -0.279 e. The third kappa shape index (κ3) is 8.67. The van der Waals surface area contributed by atoms with Crippen molar-refractivity contribution in [2.24, 2.45) is 0 Å². The van der Waals surface area contributed by atoms with Crippen molar-refractivity contribution < 1.29 is 0 Å². The van der Waals surface area contributed by atoms with Crippen LogP contribution in [0, 0.1) is 0 Å². The first kappa shape index (κ1) is 13.4. The van der Waals surface area contributed by atoms with Crippen LogP contribution in [0.25, 0.3) is 0 Å². The SMILES string of the molecule is CCCCN(CCCC)PN(C)C. The Morgan fingerprint density at radius 2 is 1.38 bits per heavy atom. The van der Waals surface area contributed by atoms with Crippen molar-refractivity contribution in [2.75, 3.05) is 27.2 Å². The molecule has 1 atom stereocenters. The highest BCUT2D eigenvalue weighted by Crippen LogP contribution is 2.21. The molecule has 1 unspecified atom stereocenters. The number of unbranched alkanes of at least 4 members (excludes halogenated alkanes) is 2. The van der Waals surface area contributed by atoms with Crippen LogP contribution in [0.15, 0.2) is 0 Å². The molecule has 2 nitrogen and oxygen atoms in total. The zero-order valence-corrected chi connectivity index (χ0v) is 10.6. The molecule has 0 saturated heterocycles. The Balaban J connectivity index is 3.60. The van der Waals surface area contributed by atoms with Crippen LogP contribution < -0.4 is 0 Å². The molecule has 0 aromatic carbocycles. The van der Waals surface area contributed by atoms with Crippen molar-refractivity contribution in [3.05, 3.63) is 0 Å². The molecule has 0 aliphatic rings. The van der Waals surface area contributed by atoms with Crippen LogP contribution in [-0.2, 0) is 0 Å². The Morgan fingerprint density at radius 1 is 0.923 bits per heavy atom. The van der Waals surface area contributed by atoms with Crippen molar-refractivity contribution in [3.63, 3.8) is 0 Å². The molecule has 0 N–H and O–H groups in total. The van der Waals surface area contributed by atoms with Crippen molar-refractivity contribution in [3.8, 4) is 0 Å². The molecule has 0 radical (unpaired) electrons. The maximum atomic E-state index is 2.58. The van der Waals surface area contributed by atoms with Gasteiger partial charge in [0.05, 0.1) is 0 Å². The maximum Gasteiger partial charge on any atom is 0.0234 e. The van der Waals surface area contributed by atoms with Crippen LogP contribution in [0.3, 0.4) is 0 Å². The summed E-state index contributed by atoms with van der Waals surface area (Å²) in [6, 6.07) is 0. The average Bonchev–Trinajstić information content (AvgIpc) is 2.09. The van der Waals surface area contributed by atoms with E-state index in [0.717, 1.165) is 8.88 Å². The predicted octanol–water partition coefficient (Wildman–Crippen LogP) is 2.96. The minimum atomic E-state index is 0.866. The van der Waals surface area contributed by atoms with Crippen molar-refractivity contribution in [2.45, 2.75) is 39.5 Å². The van der Waals surface area contributed by atoms with Gasteiger partial charge in [0.15, 0.2) is 0 Å². The number of hydrogen-bond donors (Lipinski definition) is 0. The topological polar surface area (TPSA) is 6.48 Å². The summed E-state index contributed by atoms with van der Waals surface area (Å²) >= 11 is 0. The van der Waals surface area contributed by atoms with E-state index in [-0.39, 0.29) is 0 Å². The lowest BCUT2D eigenvalue weighted by molar-refractivity contribution is 0.418. The van der Waals surface area contributed by atoms with Gasteiger partial charge in [0.25, 0.3) is 0 Å². The quantitative estimate of drug-likeness (QED) is 0.561. The second-order valence-corrected chi connectivity index (χ2v) is 5.42. The smallest absolute Gasteiger partial charge is 0.0234 e. The van der Waals surface area contributed by atoms with E-state index in [4.69, 9.17) is 0 Å². The Bertz CT molecular complexity index is 99.1. The second-order valence-electron chi connectivity index (χ2n) is 3.69. The molecule has 0 spiro atoms. The molecule has 13 heavy (non-hydrogen) atoms. The molecule has 3 heteroatoms. The van der Waals surface area contributed by atoms with Gasteiger partial charge in [-0.1, -0.05) is 26.7 Å². The van der Waals surface area contributed by atoms with Crippen molar-refractivity contribution in [1.29, 1.82) is 0 Å². The molecule has 80 valence electrons. The minimum absolute atomic E-state index is 0.866. The van der Waals surface area contributed by atoms with Gasteiger partial charge in [-0.15, -0.1) is 0 Å². The standard InChI is InChI=1S/C10H25N2P/c1-5-7-9-12(10-8-6-2)13-11(3)4/h13H,5-10H2,1-4H3. The van der Waals surface area contributed by atoms with Gasteiger partial charge in [0, 0.05) is 22.0 Å². The second kappa shape index (κ2) is 8.93. The van der Waals surface area contributed by atoms with Gasteiger partial charge < -0.3 is 0 Å². The number of nitrogens with zero attached hydrogens (tertiary/aromatic N) is 2. The van der Waals surface area contributed by atoms with E-state index in [9.17, 15) is 0 Å².